The smallest absolute Gasteiger partial charge is 0.332 e. The Labute approximate surface area is 158 Å². The van der Waals surface area contributed by atoms with Gasteiger partial charge in [-0.25, -0.2) is 9.78 Å². The third-order valence-corrected chi connectivity index (χ3v) is 4.69. The number of methoxy groups -OCH3 is 1. The van der Waals surface area contributed by atoms with Crippen LogP contribution in [-0.2, 0) is 25.4 Å². The van der Waals surface area contributed by atoms with Crippen molar-refractivity contribution in [3.05, 3.63) is 49.9 Å². The fraction of sp³-hybridized carbons (Fsp3) is 0.294. The topological polar surface area (TPSA) is 100 Å². The number of nitrogens with one attached hydrogen (secondary N) is 1. The zero-order valence-corrected chi connectivity index (χ0v) is 16.0. The summed E-state index contributed by atoms with van der Waals surface area (Å²) >= 11 is 6.07. The number of aryl methyl sites for hydroxylation is 2. The molecule has 0 saturated carbocycles. The van der Waals surface area contributed by atoms with Crippen LogP contribution in [0.4, 0.5) is 5.69 Å². The van der Waals surface area contributed by atoms with Gasteiger partial charge in [0.2, 0.25) is 5.91 Å². The fourth-order valence-corrected chi connectivity index (χ4v) is 2.94. The highest BCUT2D eigenvalue weighted by Gasteiger charge is 2.17. The van der Waals surface area contributed by atoms with Crippen LogP contribution in [0, 0.1) is 6.92 Å². The Kier molecular flexibility index (Phi) is 4.79. The van der Waals surface area contributed by atoms with Crippen molar-refractivity contribution >= 4 is 34.4 Å². The molecule has 27 heavy (non-hydrogen) atoms. The van der Waals surface area contributed by atoms with E-state index in [9.17, 15) is 14.4 Å². The highest BCUT2D eigenvalue weighted by Crippen LogP contribution is 2.30. The van der Waals surface area contributed by atoms with Gasteiger partial charge in [0.15, 0.2) is 11.2 Å². The fourth-order valence-electron chi connectivity index (χ4n) is 2.79. The van der Waals surface area contributed by atoms with E-state index in [1.807, 2.05) is 6.92 Å². The molecule has 0 aliphatic carbocycles. The molecule has 3 aromatic rings. The molecule has 1 N–H and O–H groups in total. The lowest BCUT2D eigenvalue weighted by Gasteiger charge is -2.13. The third-order valence-electron chi connectivity index (χ3n) is 4.29. The van der Waals surface area contributed by atoms with Gasteiger partial charge in [0, 0.05) is 25.2 Å². The summed E-state index contributed by atoms with van der Waals surface area (Å²) in [5, 5.41) is 3.27. The molecule has 0 fully saturated rings. The summed E-state index contributed by atoms with van der Waals surface area (Å²) in [4.78, 5) is 41.0. The van der Waals surface area contributed by atoms with Crippen molar-refractivity contribution in [1.82, 2.24) is 18.7 Å². The predicted octanol–water partition coefficient (Wildman–Crippen LogP) is 1.04. The minimum absolute atomic E-state index is 0.158. The summed E-state index contributed by atoms with van der Waals surface area (Å²) in [7, 11) is 4.37. The molecule has 142 valence electrons. The van der Waals surface area contributed by atoms with Gasteiger partial charge in [-0.05, 0) is 18.6 Å². The molecule has 1 amide bonds. The molecular weight excluding hydrogens is 374 g/mol. The van der Waals surface area contributed by atoms with Crippen molar-refractivity contribution in [2.24, 2.45) is 14.1 Å². The van der Waals surface area contributed by atoms with Crippen molar-refractivity contribution < 1.29 is 9.53 Å². The maximum absolute atomic E-state index is 12.5. The van der Waals surface area contributed by atoms with Crippen molar-refractivity contribution in [2.45, 2.75) is 13.5 Å². The van der Waals surface area contributed by atoms with E-state index in [4.69, 9.17) is 16.3 Å². The minimum atomic E-state index is -0.515. The quantitative estimate of drug-likeness (QED) is 0.716. The molecule has 0 spiro atoms. The van der Waals surface area contributed by atoms with Gasteiger partial charge in [-0.1, -0.05) is 11.6 Å². The van der Waals surface area contributed by atoms with Crippen LogP contribution in [0.15, 0.2) is 28.0 Å². The number of fused-ring (bicyclic) bond motifs is 1. The molecule has 0 bridgehead atoms. The first kappa shape index (κ1) is 18.7. The molecule has 0 radical (unpaired) electrons. The summed E-state index contributed by atoms with van der Waals surface area (Å²) in [6.07, 6.45) is 1.36. The first-order valence-corrected chi connectivity index (χ1v) is 8.37. The summed E-state index contributed by atoms with van der Waals surface area (Å²) in [5.74, 6) is 0.0398. The van der Waals surface area contributed by atoms with Crippen LogP contribution < -0.4 is 21.3 Å². The largest absolute Gasteiger partial charge is 0.495 e. The number of rotatable bonds is 4. The Balaban J connectivity index is 1.95. The second-order valence-corrected chi connectivity index (χ2v) is 6.51. The van der Waals surface area contributed by atoms with Gasteiger partial charge in [0.1, 0.15) is 12.3 Å². The van der Waals surface area contributed by atoms with Crippen molar-refractivity contribution in [1.29, 1.82) is 0 Å². The SMILES string of the molecule is COc1cc(Cl)c(C)cc1NC(=O)Cn1cnc2c1c(=O)n(C)c(=O)n2C. The number of halogens is 1. The zero-order chi connectivity index (χ0) is 19.9. The molecule has 2 heterocycles. The lowest BCUT2D eigenvalue weighted by Crippen LogP contribution is -2.37. The lowest BCUT2D eigenvalue weighted by atomic mass is 10.2. The number of carbonyl (C=O) groups excluding carboxylic acids is 1. The second-order valence-electron chi connectivity index (χ2n) is 6.10. The van der Waals surface area contributed by atoms with E-state index in [1.54, 1.807) is 12.1 Å². The number of aromatic nitrogens is 4. The van der Waals surface area contributed by atoms with Crippen LogP contribution in [0.1, 0.15) is 5.56 Å². The summed E-state index contributed by atoms with van der Waals surface area (Å²) < 4.78 is 8.88. The van der Waals surface area contributed by atoms with E-state index in [-0.39, 0.29) is 23.6 Å². The van der Waals surface area contributed by atoms with Crippen LogP contribution >= 0.6 is 11.6 Å². The number of carbonyl (C=O) groups is 1. The molecule has 2 aromatic heterocycles. The summed E-state index contributed by atoms with van der Waals surface area (Å²) in [6.45, 7) is 1.65. The van der Waals surface area contributed by atoms with Gasteiger partial charge < -0.3 is 14.6 Å². The molecule has 1 aromatic carbocycles. The predicted molar refractivity (Wildman–Crippen MR) is 102 cm³/mol. The second kappa shape index (κ2) is 6.92. The Hall–Kier alpha value is -3.07. The highest BCUT2D eigenvalue weighted by atomic mass is 35.5. The van der Waals surface area contributed by atoms with Gasteiger partial charge in [-0.15, -0.1) is 0 Å². The summed E-state index contributed by atoms with van der Waals surface area (Å²) in [5.41, 5.74) is 0.644. The van der Waals surface area contributed by atoms with Crippen molar-refractivity contribution in [3.8, 4) is 5.75 Å². The molecule has 0 aliphatic rings. The molecule has 9 nitrogen and oxygen atoms in total. The average Bonchev–Trinajstić information content (AvgIpc) is 3.04. The van der Waals surface area contributed by atoms with Gasteiger partial charge in [0.25, 0.3) is 5.56 Å². The van der Waals surface area contributed by atoms with Gasteiger partial charge in [-0.2, -0.15) is 0 Å². The molecule has 0 saturated heterocycles. The van der Waals surface area contributed by atoms with Crippen LogP contribution in [0.2, 0.25) is 5.02 Å². The van der Waals surface area contributed by atoms with E-state index in [0.717, 1.165) is 10.1 Å². The van der Waals surface area contributed by atoms with E-state index in [2.05, 4.69) is 10.3 Å². The zero-order valence-electron chi connectivity index (χ0n) is 15.2. The number of amides is 1. The van der Waals surface area contributed by atoms with E-state index >= 15 is 0 Å². The van der Waals surface area contributed by atoms with Crippen molar-refractivity contribution in [3.63, 3.8) is 0 Å². The van der Waals surface area contributed by atoms with Crippen LogP contribution in [0.5, 0.6) is 5.75 Å². The van der Waals surface area contributed by atoms with Gasteiger partial charge in [-0.3, -0.25) is 18.7 Å². The number of hydrogen-bond acceptors (Lipinski definition) is 5. The van der Waals surface area contributed by atoms with E-state index < -0.39 is 11.2 Å². The average molecular weight is 392 g/mol. The lowest BCUT2D eigenvalue weighted by molar-refractivity contribution is -0.116. The number of nitrogens with zero attached hydrogens (tertiary/aromatic N) is 4. The number of anilines is 1. The van der Waals surface area contributed by atoms with Crippen molar-refractivity contribution in [2.75, 3.05) is 12.4 Å². The Bertz CT molecular complexity index is 1170. The van der Waals surface area contributed by atoms with Gasteiger partial charge in [0.05, 0.1) is 19.1 Å². The summed E-state index contributed by atoms with van der Waals surface area (Å²) in [6, 6.07) is 3.32. The Morgan fingerprint density at radius 3 is 2.63 bits per heavy atom. The minimum Gasteiger partial charge on any atom is -0.495 e. The Morgan fingerprint density at radius 1 is 1.26 bits per heavy atom. The molecule has 0 unspecified atom stereocenters. The van der Waals surface area contributed by atoms with Crippen LogP contribution in [0.3, 0.4) is 0 Å². The number of imidazole rings is 1. The standard InChI is InChI=1S/C17H18ClN5O4/c1-9-5-11(12(27-4)6-10(9)18)20-13(24)7-23-8-19-15-14(23)16(25)22(3)17(26)21(15)2/h5-6,8H,7H2,1-4H3,(H,20,24). The number of benzene rings is 1. The molecular formula is C17H18ClN5O4. The maximum Gasteiger partial charge on any atom is 0.332 e. The highest BCUT2D eigenvalue weighted by molar-refractivity contribution is 6.31. The Morgan fingerprint density at radius 2 is 1.96 bits per heavy atom. The van der Waals surface area contributed by atoms with E-state index in [1.165, 1.54) is 36.7 Å². The molecule has 0 atom stereocenters. The monoisotopic (exact) mass is 391 g/mol. The van der Waals surface area contributed by atoms with Gasteiger partial charge >= 0.3 is 5.69 Å². The first-order valence-electron chi connectivity index (χ1n) is 7.99. The molecule has 10 heteroatoms. The van der Waals surface area contributed by atoms with E-state index in [0.29, 0.717) is 16.5 Å². The van der Waals surface area contributed by atoms with Crippen LogP contribution in [-0.4, -0.2) is 31.7 Å². The molecule has 0 aliphatic heterocycles. The normalized spacial score (nSPS) is 11.0. The number of ether oxygens (including phenoxy) is 1. The van der Waals surface area contributed by atoms with Crippen LogP contribution in [0.25, 0.3) is 11.2 Å². The maximum atomic E-state index is 12.5. The number of hydrogen-bond donors (Lipinski definition) is 1. The first-order chi connectivity index (χ1) is 12.7. The third kappa shape index (κ3) is 3.21. The molecule has 3 rings (SSSR count).